The minimum absolute atomic E-state index is 0.0614. The molecule has 2 aromatic rings. The molecule has 0 saturated carbocycles. The van der Waals surface area contributed by atoms with Crippen molar-refractivity contribution in [3.8, 4) is 0 Å². The second-order valence-corrected chi connectivity index (χ2v) is 9.13. The van der Waals surface area contributed by atoms with Gasteiger partial charge in [-0.2, -0.15) is 5.10 Å². The zero-order valence-corrected chi connectivity index (χ0v) is 18.8. The Hall–Kier alpha value is -2.48. The number of carbonyl (C=O) groups is 1. The molecule has 0 radical (unpaired) electrons. The number of ether oxygens (including phenoxy) is 2. The van der Waals surface area contributed by atoms with Crippen LogP contribution in [0.4, 0.5) is 16.2 Å². The van der Waals surface area contributed by atoms with Crippen LogP contribution in [0.25, 0.3) is 10.9 Å². The number of aromatic nitrogens is 2. The van der Waals surface area contributed by atoms with Gasteiger partial charge in [0, 0.05) is 31.6 Å². The van der Waals surface area contributed by atoms with E-state index in [0.29, 0.717) is 25.3 Å². The maximum Gasteiger partial charge on any atom is 0.410 e. The van der Waals surface area contributed by atoms with Crippen molar-refractivity contribution in [2.24, 2.45) is 0 Å². The highest BCUT2D eigenvalue weighted by Crippen LogP contribution is 2.28. The van der Waals surface area contributed by atoms with Crippen LogP contribution < -0.4 is 11.1 Å². The van der Waals surface area contributed by atoms with Crippen molar-refractivity contribution in [2.75, 3.05) is 31.2 Å². The fraction of sp³-hybridized carbons (Fsp3) is 0.636. The third-order valence-corrected chi connectivity index (χ3v) is 5.33. The van der Waals surface area contributed by atoms with Crippen LogP contribution in [0.1, 0.15) is 47.0 Å². The molecule has 0 aliphatic carbocycles. The molecule has 8 heteroatoms. The molecule has 8 nitrogen and oxygen atoms in total. The lowest BCUT2D eigenvalue weighted by molar-refractivity contribution is 0.0252. The summed E-state index contributed by atoms with van der Waals surface area (Å²) in [6, 6.07) is 4.10. The quantitative estimate of drug-likeness (QED) is 0.718. The van der Waals surface area contributed by atoms with Crippen molar-refractivity contribution >= 4 is 28.4 Å². The maximum atomic E-state index is 12.6. The van der Waals surface area contributed by atoms with Gasteiger partial charge in [0.1, 0.15) is 5.60 Å². The number of hydrogen-bond donors (Lipinski definition) is 2. The first kappa shape index (κ1) is 22.2. The Morgan fingerprint density at radius 2 is 2.13 bits per heavy atom. The second-order valence-electron chi connectivity index (χ2n) is 9.13. The molecule has 166 valence electrons. The SMILES string of the molecule is CO[C@@H](C)Cn1ncc2cc(N)c(N[C@@H]3CCCCN(C(=O)OC(C)(C)C)C3)cc21. The van der Waals surface area contributed by atoms with Crippen LogP contribution in [0, 0.1) is 0 Å². The topological polar surface area (TPSA) is 94.6 Å². The van der Waals surface area contributed by atoms with Gasteiger partial charge in [-0.1, -0.05) is 0 Å². The monoisotopic (exact) mass is 417 g/mol. The molecule has 0 bridgehead atoms. The van der Waals surface area contributed by atoms with Crippen LogP contribution >= 0.6 is 0 Å². The Labute approximate surface area is 178 Å². The zero-order valence-electron chi connectivity index (χ0n) is 18.8. The fourth-order valence-corrected chi connectivity index (χ4v) is 3.70. The second kappa shape index (κ2) is 9.12. The summed E-state index contributed by atoms with van der Waals surface area (Å²) in [7, 11) is 1.70. The minimum atomic E-state index is -0.500. The van der Waals surface area contributed by atoms with E-state index in [1.165, 1.54) is 0 Å². The summed E-state index contributed by atoms with van der Waals surface area (Å²) in [5, 5.41) is 9.04. The summed E-state index contributed by atoms with van der Waals surface area (Å²) in [5.41, 5.74) is 8.38. The molecule has 3 N–H and O–H groups in total. The number of anilines is 2. The van der Waals surface area contributed by atoms with Crippen LogP contribution in [0.2, 0.25) is 0 Å². The number of fused-ring (bicyclic) bond motifs is 1. The van der Waals surface area contributed by atoms with Crippen LogP contribution in [0.5, 0.6) is 0 Å². The average Bonchev–Trinajstić information content (AvgIpc) is 2.88. The normalized spacial score (nSPS) is 18.8. The van der Waals surface area contributed by atoms with Crippen molar-refractivity contribution in [2.45, 2.75) is 71.2 Å². The van der Waals surface area contributed by atoms with E-state index in [1.54, 1.807) is 12.0 Å². The first-order chi connectivity index (χ1) is 14.2. The molecular weight excluding hydrogens is 382 g/mol. The highest BCUT2D eigenvalue weighted by molar-refractivity contribution is 5.89. The summed E-state index contributed by atoms with van der Waals surface area (Å²) in [6.45, 7) is 9.65. The van der Waals surface area contributed by atoms with E-state index in [2.05, 4.69) is 10.4 Å². The molecule has 1 amide bonds. The van der Waals surface area contributed by atoms with Crippen LogP contribution in [0.3, 0.4) is 0 Å². The molecule has 0 spiro atoms. The Kier molecular flexibility index (Phi) is 6.75. The number of rotatable bonds is 5. The molecule has 1 saturated heterocycles. The average molecular weight is 418 g/mol. The number of nitrogens with two attached hydrogens (primary N) is 1. The van der Waals surface area contributed by atoms with Gasteiger partial charge in [-0.05, 0) is 59.1 Å². The molecule has 1 aromatic heterocycles. The van der Waals surface area contributed by atoms with Gasteiger partial charge in [0.05, 0.1) is 35.7 Å². The number of carbonyl (C=O) groups excluding carboxylic acids is 1. The Morgan fingerprint density at radius 1 is 1.37 bits per heavy atom. The predicted molar refractivity (Wildman–Crippen MR) is 120 cm³/mol. The number of hydrogen-bond acceptors (Lipinski definition) is 6. The minimum Gasteiger partial charge on any atom is -0.444 e. The summed E-state index contributed by atoms with van der Waals surface area (Å²) >= 11 is 0. The Bertz CT molecular complexity index is 874. The lowest BCUT2D eigenvalue weighted by Crippen LogP contribution is -2.42. The molecule has 1 fully saturated rings. The van der Waals surface area contributed by atoms with Gasteiger partial charge in [-0.3, -0.25) is 4.68 Å². The van der Waals surface area contributed by atoms with Crippen molar-refractivity contribution in [3.05, 3.63) is 18.3 Å². The maximum absolute atomic E-state index is 12.6. The van der Waals surface area contributed by atoms with Gasteiger partial charge in [-0.25, -0.2) is 4.79 Å². The van der Waals surface area contributed by atoms with E-state index in [9.17, 15) is 4.79 Å². The van der Waals surface area contributed by atoms with Gasteiger partial charge in [-0.15, -0.1) is 0 Å². The molecule has 0 unspecified atom stereocenters. The van der Waals surface area contributed by atoms with Gasteiger partial charge in [0.15, 0.2) is 0 Å². The molecule has 30 heavy (non-hydrogen) atoms. The molecule has 1 aliphatic rings. The van der Waals surface area contributed by atoms with Crippen molar-refractivity contribution in [1.82, 2.24) is 14.7 Å². The van der Waals surface area contributed by atoms with E-state index >= 15 is 0 Å². The molecule has 2 atom stereocenters. The van der Waals surface area contributed by atoms with Crippen molar-refractivity contribution in [3.63, 3.8) is 0 Å². The summed E-state index contributed by atoms with van der Waals surface area (Å²) < 4.78 is 12.9. The number of benzene rings is 1. The summed E-state index contributed by atoms with van der Waals surface area (Å²) in [6.07, 6.45) is 4.61. The Balaban J connectivity index is 1.77. The van der Waals surface area contributed by atoms with Gasteiger partial charge < -0.3 is 25.4 Å². The molecule has 1 aromatic carbocycles. The first-order valence-corrected chi connectivity index (χ1v) is 10.7. The number of amides is 1. The van der Waals surface area contributed by atoms with Crippen LogP contribution in [0.15, 0.2) is 18.3 Å². The molecule has 2 heterocycles. The summed E-state index contributed by atoms with van der Waals surface area (Å²) in [5.74, 6) is 0. The standard InChI is InChI=1S/C22H35N5O3/c1-15(29-5)13-27-20-11-19(18(23)10-16(20)12-24-27)25-17-8-6-7-9-26(14-17)21(28)30-22(2,3)4/h10-12,15,17,25H,6-9,13-14,23H2,1-5H3/t15-,17+/m0/s1. The smallest absolute Gasteiger partial charge is 0.410 e. The van der Waals surface area contributed by atoms with E-state index in [1.807, 2.05) is 50.7 Å². The summed E-state index contributed by atoms with van der Waals surface area (Å²) in [4.78, 5) is 14.4. The predicted octanol–water partition coefficient (Wildman–Crippen LogP) is 3.85. The van der Waals surface area contributed by atoms with E-state index < -0.39 is 5.60 Å². The first-order valence-electron chi connectivity index (χ1n) is 10.7. The molecular formula is C22H35N5O3. The van der Waals surface area contributed by atoms with Gasteiger partial charge in [0.2, 0.25) is 0 Å². The Morgan fingerprint density at radius 3 is 2.83 bits per heavy atom. The lowest BCUT2D eigenvalue weighted by atomic mass is 10.1. The highest BCUT2D eigenvalue weighted by Gasteiger charge is 2.26. The molecule has 3 rings (SSSR count). The number of methoxy groups -OCH3 is 1. The zero-order chi connectivity index (χ0) is 21.9. The lowest BCUT2D eigenvalue weighted by Gasteiger charge is -2.29. The largest absolute Gasteiger partial charge is 0.444 e. The van der Waals surface area contributed by atoms with Crippen molar-refractivity contribution < 1.29 is 14.3 Å². The number of likely N-dealkylation sites (tertiary alicyclic amines) is 1. The number of nitrogen functional groups attached to an aromatic ring is 1. The van der Waals surface area contributed by atoms with Crippen molar-refractivity contribution in [1.29, 1.82) is 0 Å². The number of nitrogens with zero attached hydrogens (tertiary/aromatic N) is 3. The highest BCUT2D eigenvalue weighted by atomic mass is 16.6. The third kappa shape index (κ3) is 5.56. The number of nitrogens with one attached hydrogen (secondary N) is 1. The fourth-order valence-electron chi connectivity index (χ4n) is 3.70. The molecule has 1 aliphatic heterocycles. The third-order valence-electron chi connectivity index (χ3n) is 5.33. The van der Waals surface area contributed by atoms with Gasteiger partial charge >= 0.3 is 6.09 Å². The van der Waals surface area contributed by atoms with Crippen LogP contribution in [-0.4, -0.2) is 58.7 Å². The van der Waals surface area contributed by atoms with E-state index in [0.717, 1.165) is 35.9 Å². The van der Waals surface area contributed by atoms with Crippen LogP contribution in [-0.2, 0) is 16.0 Å². The van der Waals surface area contributed by atoms with E-state index in [4.69, 9.17) is 15.2 Å². The van der Waals surface area contributed by atoms with Gasteiger partial charge in [0.25, 0.3) is 0 Å². The van der Waals surface area contributed by atoms with E-state index in [-0.39, 0.29) is 18.2 Å².